The molecule has 0 atom stereocenters. The largest absolute Gasteiger partial charge is 0.350 e. The smallest absolute Gasteiger partial charge is 0.225 e. The van der Waals surface area contributed by atoms with E-state index in [-0.39, 0.29) is 5.54 Å². The summed E-state index contributed by atoms with van der Waals surface area (Å²) in [5.74, 6) is 1.30. The molecule has 2 rings (SSSR count). The molecule has 112 valence electrons. The molecule has 0 fully saturated rings. The zero-order valence-electron chi connectivity index (χ0n) is 13.1. The molecule has 0 radical (unpaired) electrons. The van der Waals surface area contributed by atoms with Gasteiger partial charge >= 0.3 is 0 Å². The molecule has 0 unspecified atom stereocenters. The zero-order chi connectivity index (χ0) is 15.6. The highest BCUT2D eigenvalue weighted by Gasteiger charge is 2.12. The van der Waals surface area contributed by atoms with E-state index in [0.717, 1.165) is 16.8 Å². The predicted molar refractivity (Wildman–Crippen MR) is 89.6 cm³/mol. The van der Waals surface area contributed by atoms with Gasteiger partial charge in [0.1, 0.15) is 5.82 Å². The fourth-order valence-corrected chi connectivity index (χ4v) is 2.39. The number of halogens is 1. The first-order chi connectivity index (χ1) is 9.74. The highest BCUT2D eigenvalue weighted by atomic mass is 35.5. The third kappa shape index (κ3) is 4.33. The quantitative estimate of drug-likeness (QED) is 0.863. The zero-order valence-corrected chi connectivity index (χ0v) is 13.8. The van der Waals surface area contributed by atoms with E-state index in [1.807, 2.05) is 26.0 Å². The maximum atomic E-state index is 6.31. The van der Waals surface area contributed by atoms with E-state index in [1.54, 1.807) is 6.20 Å². The Morgan fingerprint density at radius 2 is 1.86 bits per heavy atom. The molecule has 2 aromatic rings. The van der Waals surface area contributed by atoms with Gasteiger partial charge in [0.25, 0.3) is 0 Å². The third-order valence-corrected chi connectivity index (χ3v) is 3.13. The number of nitrogens with zero attached hydrogens (tertiary/aromatic N) is 2. The van der Waals surface area contributed by atoms with Crippen LogP contribution < -0.4 is 10.6 Å². The minimum Gasteiger partial charge on any atom is -0.350 e. The number of rotatable bonds is 3. The molecule has 0 spiro atoms. The van der Waals surface area contributed by atoms with Crippen LogP contribution in [0.25, 0.3) is 0 Å². The molecular weight excluding hydrogens is 284 g/mol. The number of hydrogen-bond acceptors (Lipinski definition) is 4. The summed E-state index contributed by atoms with van der Waals surface area (Å²) in [7, 11) is 0. The maximum absolute atomic E-state index is 6.31. The maximum Gasteiger partial charge on any atom is 0.225 e. The van der Waals surface area contributed by atoms with Gasteiger partial charge < -0.3 is 10.6 Å². The Morgan fingerprint density at radius 3 is 2.48 bits per heavy atom. The van der Waals surface area contributed by atoms with E-state index in [2.05, 4.69) is 47.4 Å². The Morgan fingerprint density at radius 1 is 1.14 bits per heavy atom. The van der Waals surface area contributed by atoms with Gasteiger partial charge in [-0.1, -0.05) is 17.7 Å². The van der Waals surface area contributed by atoms with Crippen molar-refractivity contribution in [2.24, 2.45) is 0 Å². The monoisotopic (exact) mass is 304 g/mol. The van der Waals surface area contributed by atoms with Crippen LogP contribution in [-0.2, 0) is 0 Å². The van der Waals surface area contributed by atoms with Crippen LogP contribution in [-0.4, -0.2) is 15.5 Å². The van der Waals surface area contributed by atoms with Gasteiger partial charge in [-0.15, -0.1) is 0 Å². The standard InChI is InChI=1S/C16H21ClN4/c1-10-8-11(2)14(12(17)9-10)19-13-6-7-18-15(20-13)21-16(3,4)5/h6-9H,1-5H3,(H2,18,19,20,21). The van der Waals surface area contributed by atoms with Crippen LogP contribution in [0, 0.1) is 13.8 Å². The van der Waals surface area contributed by atoms with Gasteiger partial charge in [-0.05, 0) is 57.9 Å². The summed E-state index contributed by atoms with van der Waals surface area (Å²) in [6.07, 6.45) is 1.72. The number of hydrogen-bond donors (Lipinski definition) is 2. The fourth-order valence-electron chi connectivity index (χ4n) is 2.03. The highest BCUT2D eigenvalue weighted by Crippen LogP contribution is 2.29. The minimum absolute atomic E-state index is 0.0873. The number of anilines is 3. The van der Waals surface area contributed by atoms with Crippen molar-refractivity contribution >= 4 is 29.1 Å². The summed E-state index contributed by atoms with van der Waals surface area (Å²) in [4.78, 5) is 8.70. The van der Waals surface area contributed by atoms with Gasteiger partial charge in [0.2, 0.25) is 5.95 Å². The first-order valence-electron chi connectivity index (χ1n) is 6.89. The first kappa shape index (κ1) is 15.6. The van der Waals surface area contributed by atoms with E-state index in [4.69, 9.17) is 11.6 Å². The van der Waals surface area contributed by atoms with Gasteiger partial charge in [0, 0.05) is 11.7 Å². The van der Waals surface area contributed by atoms with E-state index in [0.29, 0.717) is 16.8 Å². The summed E-state index contributed by atoms with van der Waals surface area (Å²) in [5, 5.41) is 7.21. The summed E-state index contributed by atoms with van der Waals surface area (Å²) in [6, 6.07) is 5.85. The van der Waals surface area contributed by atoms with Gasteiger partial charge in [-0.3, -0.25) is 0 Å². The Labute approximate surface area is 131 Å². The Hall–Kier alpha value is -1.81. The van der Waals surface area contributed by atoms with E-state index >= 15 is 0 Å². The van der Waals surface area contributed by atoms with Crippen LogP contribution in [0.15, 0.2) is 24.4 Å². The molecule has 0 amide bonds. The van der Waals surface area contributed by atoms with Crippen molar-refractivity contribution in [2.75, 3.05) is 10.6 Å². The number of benzene rings is 1. The van der Waals surface area contributed by atoms with Crippen molar-refractivity contribution in [3.63, 3.8) is 0 Å². The number of aryl methyl sites for hydroxylation is 2. The number of aromatic nitrogens is 2. The van der Waals surface area contributed by atoms with Crippen molar-refractivity contribution in [1.82, 2.24) is 9.97 Å². The molecule has 0 aliphatic carbocycles. The minimum atomic E-state index is -0.0873. The van der Waals surface area contributed by atoms with Gasteiger partial charge in [0.05, 0.1) is 10.7 Å². The SMILES string of the molecule is Cc1cc(C)c(Nc2ccnc(NC(C)(C)C)n2)c(Cl)c1. The van der Waals surface area contributed by atoms with E-state index < -0.39 is 0 Å². The Balaban J connectivity index is 2.27. The van der Waals surface area contributed by atoms with E-state index in [9.17, 15) is 0 Å². The topological polar surface area (TPSA) is 49.8 Å². The Kier molecular flexibility index (Phi) is 4.37. The van der Waals surface area contributed by atoms with Crippen LogP contribution in [0.4, 0.5) is 17.5 Å². The van der Waals surface area contributed by atoms with Crippen LogP contribution >= 0.6 is 11.6 Å². The van der Waals surface area contributed by atoms with Crippen molar-refractivity contribution in [2.45, 2.75) is 40.2 Å². The average Bonchev–Trinajstić information content (AvgIpc) is 2.32. The molecule has 4 nitrogen and oxygen atoms in total. The lowest BCUT2D eigenvalue weighted by atomic mass is 10.1. The summed E-state index contributed by atoms with van der Waals surface area (Å²) >= 11 is 6.31. The fraction of sp³-hybridized carbons (Fsp3) is 0.375. The van der Waals surface area contributed by atoms with Crippen LogP contribution in [0.1, 0.15) is 31.9 Å². The molecule has 0 saturated carbocycles. The lowest BCUT2D eigenvalue weighted by molar-refractivity contribution is 0.626. The molecule has 0 aliphatic heterocycles. The molecule has 21 heavy (non-hydrogen) atoms. The summed E-state index contributed by atoms with van der Waals surface area (Å²) < 4.78 is 0. The molecule has 1 aromatic heterocycles. The van der Waals surface area contributed by atoms with Crippen LogP contribution in [0.5, 0.6) is 0 Å². The molecular formula is C16H21ClN4. The number of nitrogens with one attached hydrogen (secondary N) is 2. The third-order valence-electron chi connectivity index (χ3n) is 2.83. The second-order valence-electron chi connectivity index (χ2n) is 6.20. The highest BCUT2D eigenvalue weighted by molar-refractivity contribution is 6.33. The van der Waals surface area contributed by atoms with Crippen LogP contribution in [0.3, 0.4) is 0 Å². The second kappa shape index (κ2) is 5.90. The summed E-state index contributed by atoms with van der Waals surface area (Å²) in [6.45, 7) is 10.3. The van der Waals surface area contributed by atoms with Gasteiger partial charge in [-0.2, -0.15) is 4.98 Å². The summed E-state index contributed by atoms with van der Waals surface area (Å²) in [5.41, 5.74) is 3.02. The molecule has 1 aromatic carbocycles. The van der Waals surface area contributed by atoms with E-state index in [1.165, 1.54) is 0 Å². The predicted octanol–water partition coefficient (Wildman–Crippen LogP) is 4.70. The van der Waals surface area contributed by atoms with Crippen molar-refractivity contribution in [1.29, 1.82) is 0 Å². The van der Waals surface area contributed by atoms with Crippen molar-refractivity contribution < 1.29 is 0 Å². The molecule has 1 heterocycles. The molecule has 0 aliphatic rings. The van der Waals surface area contributed by atoms with Crippen molar-refractivity contribution in [3.8, 4) is 0 Å². The lowest BCUT2D eigenvalue weighted by Gasteiger charge is -2.20. The second-order valence-corrected chi connectivity index (χ2v) is 6.61. The normalized spacial score (nSPS) is 11.3. The lowest BCUT2D eigenvalue weighted by Crippen LogP contribution is -2.27. The molecule has 0 bridgehead atoms. The molecule has 0 saturated heterocycles. The van der Waals surface area contributed by atoms with Gasteiger partial charge in [-0.25, -0.2) is 4.98 Å². The first-order valence-corrected chi connectivity index (χ1v) is 7.27. The van der Waals surface area contributed by atoms with Crippen LogP contribution in [0.2, 0.25) is 5.02 Å². The molecule has 2 N–H and O–H groups in total. The van der Waals surface area contributed by atoms with Gasteiger partial charge in [0.15, 0.2) is 0 Å². The Bertz CT molecular complexity index is 624. The average molecular weight is 305 g/mol. The molecule has 5 heteroatoms. The van der Waals surface area contributed by atoms with Crippen molar-refractivity contribution in [3.05, 3.63) is 40.5 Å².